The molecule has 0 unspecified atom stereocenters. The Hall–Kier alpha value is -1.13. The summed E-state index contributed by atoms with van der Waals surface area (Å²) in [5, 5.41) is 3.30. The van der Waals surface area contributed by atoms with Crippen molar-refractivity contribution in [2.75, 3.05) is 13.1 Å². The normalized spacial score (nSPS) is 15.9. The van der Waals surface area contributed by atoms with Gasteiger partial charge in [0.15, 0.2) is 0 Å². The molecule has 0 atom stereocenters. The molecule has 1 aliphatic rings. The molecule has 4 heteroatoms. The van der Waals surface area contributed by atoms with E-state index in [0.29, 0.717) is 5.92 Å². The molecule has 0 bridgehead atoms. The van der Waals surface area contributed by atoms with Crippen molar-refractivity contribution in [1.82, 2.24) is 14.9 Å². The lowest BCUT2D eigenvalue weighted by atomic mass is 9.99. The summed E-state index contributed by atoms with van der Waals surface area (Å²) < 4.78 is 3.32. The number of hydrogen-bond acceptors (Lipinski definition) is 2. The molecule has 17 heavy (non-hydrogen) atoms. The van der Waals surface area contributed by atoms with Gasteiger partial charge in [-0.3, -0.25) is 0 Å². The number of nitrogens with zero attached hydrogens (tertiary/aromatic N) is 2. The van der Waals surface area contributed by atoms with Crippen LogP contribution in [0.5, 0.6) is 0 Å². The molecular formula is C13H14BrN3. The summed E-state index contributed by atoms with van der Waals surface area (Å²) in [5.74, 6) is 0.598. The van der Waals surface area contributed by atoms with E-state index in [1.807, 2.05) is 12.5 Å². The third-order valence-electron chi connectivity index (χ3n) is 3.29. The third-order valence-corrected chi connectivity index (χ3v) is 3.78. The second-order valence-electron chi connectivity index (χ2n) is 4.47. The largest absolute Gasteiger partial charge is 0.315 e. The van der Waals surface area contributed by atoms with Gasteiger partial charge in [0, 0.05) is 41.1 Å². The van der Waals surface area contributed by atoms with Gasteiger partial charge in [-0.2, -0.15) is 0 Å². The van der Waals surface area contributed by atoms with E-state index >= 15 is 0 Å². The molecule has 1 fully saturated rings. The molecule has 0 spiro atoms. The Morgan fingerprint density at radius 1 is 1.41 bits per heavy atom. The molecule has 0 aliphatic carbocycles. The molecule has 1 aliphatic heterocycles. The second kappa shape index (κ2) is 4.27. The molecule has 3 nitrogen and oxygen atoms in total. The fourth-order valence-corrected chi connectivity index (χ4v) is 2.67. The van der Waals surface area contributed by atoms with Gasteiger partial charge in [-0.05, 0) is 30.7 Å². The van der Waals surface area contributed by atoms with Gasteiger partial charge < -0.3 is 9.88 Å². The highest BCUT2D eigenvalue weighted by molar-refractivity contribution is 9.10. The van der Waals surface area contributed by atoms with E-state index in [1.165, 1.54) is 16.9 Å². The van der Waals surface area contributed by atoms with E-state index in [1.54, 1.807) is 0 Å². The monoisotopic (exact) mass is 291 g/mol. The summed E-state index contributed by atoms with van der Waals surface area (Å²) in [6, 6.07) is 6.35. The Kier molecular flexibility index (Phi) is 2.76. The van der Waals surface area contributed by atoms with Gasteiger partial charge in [0.05, 0.1) is 6.33 Å². The number of benzene rings is 1. The average molecular weight is 292 g/mol. The minimum atomic E-state index is 0.598. The van der Waals surface area contributed by atoms with Gasteiger partial charge in [-0.1, -0.05) is 15.9 Å². The summed E-state index contributed by atoms with van der Waals surface area (Å²) in [6.07, 6.45) is 3.89. The molecule has 2 aromatic rings. The van der Waals surface area contributed by atoms with Gasteiger partial charge in [0.25, 0.3) is 0 Å². The minimum Gasteiger partial charge on any atom is -0.315 e. The third kappa shape index (κ3) is 1.91. The summed E-state index contributed by atoms with van der Waals surface area (Å²) >= 11 is 3.50. The molecule has 88 valence electrons. The number of nitrogens with one attached hydrogen (secondary N) is 1. The van der Waals surface area contributed by atoms with Gasteiger partial charge in [0.2, 0.25) is 0 Å². The Labute approximate surface area is 109 Å². The topological polar surface area (TPSA) is 29.9 Å². The van der Waals surface area contributed by atoms with Crippen LogP contribution < -0.4 is 5.32 Å². The van der Waals surface area contributed by atoms with Crippen molar-refractivity contribution in [3.63, 3.8) is 0 Å². The van der Waals surface area contributed by atoms with Crippen LogP contribution in [0, 0.1) is 6.92 Å². The number of halogens is 1. The predicted octanol–water partition coefficient (Wildman–Crippen LogP) is 2.63. The van der Waals surface area contributed by atoms with Crippen molar-refractivity contribution in [1.29, 1.82) is 0 Å². The maximum atomic E-state index is 4.29. The fraction of sp³-hybridized carbons (Fsp3) is 0.308. The highest BCUT2D eigenvalue weighted by Crippen LogP contribution is 2.25. The first kappa shape index (κ1) is 11.0. The highest BCUT2D eigenvalue weighted by atomic mass is 79.9. The first-order chi connectivity index (χ1) is 8.25. The number of rotatable bonds is 2. The van der Waals surface area contributed by atoms with E-state index in [-0.39, 0.29) is 0 Å². The molecule has 1 saturated heterocycles. The van der Waals surface area contributed by atoms with Gasteiger partial charge >= 0.3 is 0 Å². The number of aryl methyl sites for hydroxylation is 1. The van der Waals surface area contributed by atoms with Gasteiger partial charge in [-0.15, -0.1) is 0 Å². The number of aromatic nitrogens is 2. The number of hydrogen-bond donors (Lipinski definition) is 1. The van der Waals surface area contributed by atoms with E-state index in [4.69, 9.17) is 0 Å². The molecular weight excluding hydrogens is 278 g/mol. The standard InChI is InChI=1S/C13H14BrN3/c1-9-4-11(14)2-3-12(9)17-8-16-7-13(17)10-5-15-6-10/h2-4,7-8,10,15H,5-6H2,1H3. The maximum Gasteiger partial charge on any atom is 0.0994 e. The first-order valence-corrected chi connectivity index (χ1v) is 6.54. The summed E-state index contributed by atoms with van der Waals surface area (Å²) in [6.45, 7) is 4.24. The summed E-state index contributed by atoms with van der Waals surface area (Å²) in [5.41, 5.74) is 3.77. The van der Waals surface area contributed by atoms with Crippen LogP contribution in [0.1, 0.15) is 17.2 Å². The molecule has 0 saturated carbocycles. The number of imidazole rings is 1. The molecule has 3 rings (SSSR count). The zero-order chi connectivity index (χ0) is 11.8. The second-order valence-corrected chi connectivity index (χ2v) is 5.39. The molecule has 1 aromatic carbocycles. The maximum absolute atomic E-state index is 4.29. The lowest BCUT2D eigenvalue weighted by Crippen LogP contribution is -2.40. The predicted molar refractivity (Wildman–Crippen MR) is 71.6 cm³/mol. The van der Waals surface area contributed by atoms with Crippen LogP contribution in [0.4, 0.5) is 0 Å². The smallest absolute Gasteiger partial charge is 0.0994 e. The van der Waals surface area contributed by atoms with Crippen LogP contribution in [0.3, 0.4) is 0 Å². The Morgan fingerprint density at radius 2 is 2.24 bits per heavy atom. The van der Waals surface area contributed by atoms with E-state index < -0.39 is 0 Å². The quantitative estimate of drug-likeness (QED) is 0.922. The Bertz CT molecular complexity index is 543. The van der Waals surface area contributed by atoms with Crippen LogP contribution in [-0.2, 0) is 0 Å². The molecule has 1 N–H and O–H groups in total. The van der Waals surface area contributed by atoms with Crippen molar-refractivity contribution in [2.24, 2.45) is 0 Å². The Balaban J connectivity index is 2.05. The zero-order valence-corrected chi connectivity index (χ0v) is 11.2. The van der Waals surface area contributed by atoms with E-state index in [2.05, 4.69) is 55.9 Å². The van der Waals surface area contributed by atoms with Crippen molar-refractivity contribution >= 4 is 15.9 Å². The van der Waals surface area contributed by atoms with Gasteiger partial charge in [-0.25, -0.2) is 4.98 Å². The van der Waals surface area contributed by atoms with Crippen LogP contribution in [0.2, 0.25) is 0 Å². The van der Waals surface area contributed by atoms with Crippen LogP contribution in [-0.4, -0.2) is 22.6 Å². The van der Waals surface area contributed by atoms with E-state index in [0.717, 1.165) is 17.6 Å². The zero-order valence-electron chi connectivity index (χ0n) is 9.65. The van der Waals surface area contributed by atoms with Crippen LogP contribution in [0.25, 0.3) is 5.69 Å². The SMILES string of the molecule is Cc1cc(Br)ccc1-n1cncc1C1CNC1. The average Bonchev–Trinajstić information content (AvgIpc) is 2.64. The highest BCUT2D eigenvalue weighted by Gasteiger charge is 2.23. The van der Waals surface area contributed by atoms with Crippen molar-refractivity contribution in [3.8, 4) is 5.69 Å². The van der Waals surface area contributed by atoms with Crippen LogP contribution >= 0.6 is 15.9 Å². The van der Waals surface area contributed by atoms with Crippen molar-refractivity contribution in [3.05, 3.63) is 46.5 Å². The first-order valence-electron chi connectivity index (χ1n) is 5.75. The summed E-state index contributed by atoms with van der Waals surface area (Å²) in [7, 11) is 0. The van der Waals surface area contributed by atoms with Crippen molar-refractivity contribution < 1.29 is 0 Å². The van der Waals surface area contributed by atoms with E-state index in [9.17, 15) is 0 Å². The molecule has 0 amide bonds. The van der Waals surface area contributed by atoms with Crippen LogP contribution in [0.15, 0.2) is 35.2 Å². The molecule has 0 radical (unpaired) electrons. The minimum absolute atomic E-state index is 0.598. The Morgan fingerprint density at radius 3 is 2.88 bits per heavy atom. The lowest BCUT2D eigenvalue weighted by Gasteiger charge is -2.28. The molecule has 1 aromatic heterocycles. The fourth-order valence-electron chi connectivity index (χ4n) is 2.20. The van der Waals surface area contributed by atoms with Gasteiger partial charge in [0.1, 0.15) is 0 Å². The molecule has 2 heterocycles. The summed E-state index contributed by atoms with van der Waals surface area (Å²) in [4.78, 5) is 4.29. The lowest BCUT2D eigenvalue weighted by molar-refractivity contribution is 0.435. The van der Waals surface area contributed by atoms with Crippen molar-refractivity contribution in [2.45, 2.75) is 12.8 Å².